The van der Waals surface area contributed by atoms with Gasteiger partial charge in [0, 0.05) is 10.0 Å². The molecule has 0 fully saturated rings. The lowest BCUT2D eigenvalue weighted by atomic mass is 9.97. The van der Waals surface area contributed by atoms with Crippen molar-refractivity contribution in [2.45, 2.75) is 19.3 Å². The largest absolute Gasteiger partial charge is 0.573 e. The van der Waals surface area contributed by atoms with Crippen LogP contribution in [0.4, 0.5) is 13.2 Å². The normalized spacial score (nSPS) is 13.0. The number of para-hydroxylation sites is 1. The van der Waals surface area contributed by atoms with Crippen LogP contribution in [0.15, 0.2) is 46.9 Å². The van der Waals surface area contributed by atoms with Gasteiger partial charge in [-0.25, -0.2) is 0 Å². The van der Waals surface area contributed by atoms with Crippen LogP contribution in [0, 0.1) is 6.92 Å². The van der Waals surface area contributed by atoms with E-state index in [9.17, 15) is 13.2 Å². The molecule has 2 aromatic rings. The molecule has 0 amide bonds. The van der Waals surface area contributed by atoms with Gasteiger partial charge in [0.25, 0.3) is 0 Å². The van der Waals surface area contributed by atoms with Gasteiger partial charge in [-0.1, -0.05) is 46.3 Å². The summed E-state index contributed by atoms with van der Waals surface area (Å²) >= 11 is 3.37. The number of benzene rings is 2. The Morgan fingerprint density at radius 3 is 2.43 bits per heavy atom. The molecule has 1 unspecified atom stereocenters. The first kappa shape index (κ1) is 15.9. The van der Waals surface area contributed by atoms with Gasteiger partial charge in [-0.3, -0.25) is 0 Å². The van der Waals surface area contributed by atoms with Crippen LogP contribution in [0.25, 0.3) is 0 Å². The Morgan fingerprint density at radius 2 is 1.81 bits per heavy atom. The van der Waals surface area contributed by atoms with Crippen molar-refractivity contribution in [3.8, 4) is 5.75 Å². The van der Waals surface area contributed by atoms with Crippen molar-refractivity contribution < 1.29 is 17.9 Å². The highest BCUT2D eigenvalue weighted by Gasteiger charge is 2.32. The molecule has 2 aromatic carbocycles. The summed E-state index contributed by atoms with van der Waals surface area (Å²) in [5.41, 5.74) is 8.05. The van der Waals surface area contributed by atoms with Crippen molar-refractivity contribution >= 4 is 15.9 Å². The van der Waals surface area contributed by atoms with Crippen LogP contribution < -0.4 is 10.5 Å². The fourth-order valence-electron chi connectivity index (χ4n) is 2.00. The highest BCUT2D eigenvalue weighted by molar-refractivity contribution is 9.10. The Kier molecular flexibility index (Phi) is 4.58. The molecule has 0 saturated carbocycles. The fourth-order valence-corrected chi connectivity index (χ4v) is 2.24. The van der Waals surface area contributed by atoms with Crippen LogP contribution in [0.2, 0.25) is 0 Å². The molecule has 2 rings (SSSR count). The lowest BCUT2D eigenvalue weighted by Gasteiger charge is -2.18. The molecule has 0 heterocycles. The molecule has 0 saturated heterocycles. The Bertz CT molecular complexity index is 643. The predicted octanol–water partition coefficient (Wildman–Crippen LogP) is 4.70. The summed E-state index contributed by atoms with van der Waals surface area (Å²) in [6.45, 7) is 1.89. The second kappa shape index (κ2) is 6.07. The van der Waals surface area contributed by atoms with E-state index in [1.54, 1.807) is 12.1 Å². The second-order valence-corrected chi connectivity index (χ2v) is 5.43. The molecule has 112 valence electrons. The first-order valence-corrected chi connectivity index (χ1v) is 6.93. The van der Waals surface area contributed by atoms with Crippen LogP contribution in [0.1, 0.15) is 22.7 Å². The van der Waals surface area contributed by atoms with Gasteiger partial charge >= 0.3 is 6.36 Å². The summed E-state index contributed by atoms with van der Waals surface area (Å²) < 4.78 is 42.3. The second-order valence-electron chi connectivity index (χ2n) is 4.57. The number of ether oxygens (including phenoxy) is 1. The zero-order valence-electron chi connectivity index (χ0n) is 11.1. The van der Waals surface area contributed by atoms with Gasteiger partial charge in [0.1, 0.15) is 5.75 Å². The molecule has 0 spiro atoms. The van der Waals surface area contributed by atoms with E-state index < -0.39 is 12.4 Å². The minimum absolute atomic E-state index is 0.280. The van der Waals surface area contributed by atoms with E-state index in [2.05, 4.69) is 20.7 Å². The van der Waals surface area contributed by atoms with Crippen LogP contribution in [-0.4, -0.2) is 6.36 Å². The molecule has 0 aliphatic heterocycles. The Hall–Kier alpha value is -1.53. The van der Waals surface area contributed by atoms with Crippen molar-refractivity contribution in [1.29, 1.82) is 0 Å². The summed E-state index contributed by atoms with van der Waals surface area (Å²) in [7, 11) is 0. The third kappa shape index (κ3) is 3.98. The Labute approximate surface area is 128 Å². The third-order valence-corrected chi connectivity index (χ3v) is 3.91. The van der Waals surface area contributed by atoms with Gasteiger partial charge in [-0.2, -0.15) is 0 Å². The lowest BCUT2D eigenvalue weighted by Crippen LogP contribution is -2.20. The third-order valence-electron chi connectivity index (χ3n) is 3.02. The quantitative estimate of drug-likeness (QED) is 0.861. The molecule has 0 aliphatic carbocycles. The molecule has 21 heavy (non-hydrogen) atoms. The topological polar surface area (TPSA) is 35.2 Å². The van der Waals surface area contributed by atoms with E-state index in [4.69, 9.17) is 5.73 Å². The van der Waals surface area contributed by atoms with Crippen LogP contribution in [0.5, 0.6) is 5.75 Å². The van der Waals surface area contributed by atoms with Crippen LogP contribution >= 0.6 is 15.9 Å². The molecular formula is C15H13BrF3NO. The first-order valence-electron chi connectivity index (χ1n) is 6.14. The van der Waals surface area contributed by atoms with E-state index in [0.29, 0.717) is 5.56 Å². The van der Waals surface area contributed by atoms with Gasteiger partial charge in [0.05, 0.1) is 6.04 Å². The number of hydrogen-bond donors (Lipinski definition) is 1. The van der Waals surface area contributed by atoms with E-state index in [1.165, 1.54) is 18.2 Å². The van der Waals surface area contributed by atoms with Crippen molar-refractivity contribution in [3.05, 3.63) is 63.6 Å². The number of halogens is 4. The average Bonchev–Trinajstić information content (AvgIpc) is 2.40. The highest BCUT2D eigenvalue weighted by atomic mass is 79.9. The minimum Gasteiger partial charge on any atom is -0.405 e. The summed E-state index contributed by atoms with van der Waals surface area (Å²) in [5, 5.41) is 0. The van der Waals surface area contributed by atoms with Crippen LogP contribution in [-0.2, 0) is 0 Å². The number of aryl methyl sites for hydroxylation is 1. The summed E-state index contributed by atoms with van der Waals surface area (Å²) in [6.07, 6.45) is -4.74. The first-order chi connectivity index (χ1) is 9.78. The van der Waals surface area contributed by atoms with E-state index in [-0.39, 0.29) is 11.3 Å². The van der Waals surface area contributed by atoms with Gasteiger partial charge in [-0.05, 0) is 30.2 Å². The lowest BCUT2D eigenvalue weighted by molar-refractivity contribution is -0.274. The molecular weight excluding hydrogens is 347 g/mol. The van der Waals surface area contributed by atoms with Gasteiger partial charge in [0.2, 0.25) is 0 Å². The Morgan fingerprint density at radius 1 is 1.14 bits per heavy atom. The zero-order valence-corrected chi connectivity index (χ0v) is 12.7. The number of hydrogen-bond acceptors (Lipinski definition) is 2. The molecule has 2 nitrogen and oxygen atoms in total. The van der Waals surface area contributed by atoms with Crippen molar-refractivity contribution in [3.63, 3.8) is 0 Å². The van der Waals surface area contributed by atoms with Gasteiger partial charge < -0.3 is 10.5 Å². The highest BCUT2D eigenvalue weighted by Crippen LogP contribution is 2.33. The molecule has 6 heteroatoms. The summed E-state index contributed by atoms with van der Waals surface area (Å²) in [4.78, 5) is 0. The van der Waals surface area contributed by atoms with Gasteiger partial charge in [-0.15, -0.1) is 13.2 Å². The fraction of sp³-hybridized carbons (Fsp3) is 0.200. The SMILES string of the molecule is Cc1cc(C(N)c2ccccc2OC(F)(F)F)ccc1Br. The molecule has 0 aromatic heterocycles. The standard InChI is InChI=1S/C15H13BrF3NO/c1-9-8-10(6-7-12(9)16)14(20)11-4-2-3-5-13(11)21-15(17,18)19/h2-8,14H,20H2,1H3. The number of rotatable bonds is 3. The van der Waals surface area contributed by atoms with E-state index in [0.717, 1.165) is 10.0 Å². The van der Waals surface area contributed by atoms with Crippen molar-refractivity contribution in [2.24, 2.45) is 5.73 Å². The average molecular weight is 360 g/mol. The smallest absolute Gasteiger partial charge is 0.405 e. The van der Waals surface area contributed by atoms with Crippen LogP contribution in [0.3, 0.4) is 0 Å². The van der Waals surface area contributed by atoms with E-state index in [1.807, 2.05) is 19.1 Å². The summed E-state index contributed by atoms with van der Waals surface area (Å²) in [6, 6.07) is 10.6. The maximum absolute atomic E-state index is 12.4. The number of alkyl halides is 3. The molecule has 0 aliphatic rings. The molecule has 1 atom stereocenters. The minimum atomic E-state index is -4.74. The number of nitrogens with two attached hydrogens (primary N) is 1. The van der Waals surface area contributed by atoms with Crippen molar-refractivity contribution in [1.82, 2.24) is 0 Å². The van der Waals surface area contributed by atoms with Gasteiger partial charge in [0.15, 0.2) is 0 Å². The molecule has 0 radical (unpaired) electrons. The Balaban J connectivity index is 2.38. The maximum Gasteiger partial charge on any atom is 0.573 e. The molecule has 2 N–H and O–H groups in total. The monoisotopic (exact) mass is 359 g/mol. The van der Waals surface area contributed by atoms with E-state index >= 15 is 0 Å². The zero-order chi connectivity index (χ0) is 15.6. The molecule has 0 bridgehead atoms. The summed E-state index contributed by atoms with van der Waals surface area (Å²) in [5.74, 6) is -0.280. The maximum atomic E-state index is 12.4. The predicted molar refractivity (Wildman–Crippen MR) is 78.0 cm³/mol. The van der Waals surface area contributed by atoms with Crippen molar-refractivity contribution in [2.75, 3.05) is 0 Å².